The van der Waals surface area contributed by atoms with E-state index >= 15 is 0 Å². The molecule has 1 amide bonds. The van der Waals surface area contributed by atoms with Gasteiger partial charge in [-0.1, -0.05) is 11.6 Å². The van der Waals surface area contributed by atoms with E-state index < -0.39 is 0 Å². The molecule has 0 fully saturated rings. The summed E-state index contributed by atoms with van der Waals surface area (Å²) in [5, 5.41) is 3.16. The van der Waals surface area contributed by atoms with Crippen LogP contribution in [-0.4, -0.2) is 15.5 Å². The van der Waals surface area contributed by atoms with Crippen molar-refractivity contribution in [2.45, 2.75) is 19.9 Å². The van der Waals surface area contributed by atoms with E-state index in [1.807, 2.05) is 24.6 Å². The Labute approximate surface area is 138 Å². The standard InChI is InChI=1S/C13H12Br2ClN3O/c1-7(2)19-6-8(14)3-11(19)13(20)18-9-4-10(15)12(16)17-5-9/h3-7H,1-2H3,(H,18,20). The number of hydrogen-bond acceptors (Lipinski definition) is 2. The summed E-state index contributed by atoms with van der Waals surface area (Å²) in [5.74, 6) is -0.194. The Morgan fingerprint density at radius 1 is 1.40 bits per heavy atom. The van der Waals surface area contributed by atoms with Crippen molar-refractivity contribution in [1.29, 1.82) is 0 Å². The normalized spacial score (nSPS) is 10.9. The van der Waals surface area contributed by atoms with Gasteiger partial charge in [-0.3, -0.25) is 4.79 Å². The topological polar surface area (TPSA) is 46.9 Å². The fourth-order valence-electron chi connectivity index (χ4n) is 1.74. The van der Waals surface area contributed by atoms with Crippen molar-refractivity contribution >= 4 is 55.1 Å². The van der Waals surface area contributed by atoms with Crippen molar-refractivity contribution in [3.63, 3.8) is 0 Å². The van der Waals surface area contributed by atoms with Crippen LogP contribution in [0.25, 0.3) is 0 Å². The van der Waals surface area contributed by atoms with Crippen molar-refractivity contribution in [3.05, 3.63) is 44.3 Å². The Hall–Kier alpha value is -0.850. The maximum absolute atomic E-state index is 12.3. The van der Waals surface area contributed by atoms with Gasteiger partial charge in [0.1, 0.15) is 10.8 Å². The molecule has 106 valence electrons. The zero-order valence-electron chi connectivity index (χ0n) is 10.8. The highest BCUT2D eigenvalue weighted by Gasteiger charge is 2.15. The number of halogens is 3. The van der Waals surface area contributed by atoms with E-state index in [4.69, 9.17) is 11.6 Å². The summed E-state index contributed by atoms with van der Waals surface area (Å²) in [7, 11) is 0. The van der Waals surface area contributed by atoms with E-state index in [-0.39, 0.29) is 11.9 Å². The van der Waals surface area contributed by atoms with Crippen molar-refractivity contribution in [2.24, 2.45) is 0 Å². The van der Waals surface area contributed by atoms with Gasteiger partial charge in [-0.05, 0) is 57.8 Å². The lowest BCUT2D eigenvalue weighted by Gasteiger charge is -2.12. The van der Waals surface area contributed by atoms with Crippen LogP contribution in [0.3, 0.4) is 0 Å². The molecule has 0 saturated heterocycles. The van der Waals surface area contributed by atoms with Crippen LogP contribution in [0.1, 0.15) is 30.4 Å². The fraction of sp³-hybridized carbons (Fsp3) is 0.231. The van der Waals surface area contributed by atoms with Crippen molar-refractivity contribution in [2.75, 3.05) is 5.32 Å². The quantitative estimate of drug-likeness (QED) is 0.717. The molecular weight excluding hydrogens is 409 g/mol. The van der Waals surface area contributed by atoms with Gasteiger partial charge in [0.15, 0.2) is 0 Å². The molecule has 2 rings (SSSR count). The molecule has 1 N–H and O–H groups in total. The number of pyridine rings is 1. The van der Waals surface area contributed by atoms with Gasteiger partial charge in [0, 0.05) is 16.7 Å². The highest BCUT2D eigenvalue weighted by Crippen LogP contribution is 2.24. The second kappa shape index (κ2) is 6.28. The Morgan fingerprint density at radius 2 is 2.10 bits per heavy atom. The fourth-order valence-corrected chi connectivity index (χ4v) is 2.63. The summed E-state index contributed by atoms with van der Waals surface area (Å²) in [6, 6.07) is 3.69. The third kappa shape index (κ3) is 3.42. The van der Waals surface area contributed by atoms with E-state index in [1.165, 1.54) is 6.20 Å². The molecule has 0 radical (unpaired) electrons. The second-order valence-corrected chi connectivity index (χ2v) is 6.62. The average molecular weight is 422 g/mol. The number of anilines is 1. The number of carbonyl (C=O) groups is 1. The van der Waals surface area contributed by atoms with Gasteiger partial charge in [0.25, 0.3) is 5.91 Å². The molecular formula is C13H12Br2ClN3O. The van der Waals surface area contributed by atoms with E-state index in [0.717, 1.165) is 4.47 Å². The van der Waals surface area contributed by atoms with Crippen molar-refractivity contribution in [3.8, 4) is 0 Å². The molecule has 0 aliphatic heterocycles. The number of carbonyl (C=O) groups excluding carboxylic acids is 1. The van der Waals surface area contributed by atoms with Crippen LogP contribution in [0.4, 0.5) is 5.69 Å². The van der Waals surface area contributed by atoms with Gasteiger partial charge in [-0.15, -0.1) is 0 Å². The van der Waals surface area contributed by atoms with Gasteiger partial charge in [0.05, 0.1) is 16.4 Å². The molecule has 0 unspecified atom stereocenters. The molecule has 2 aromatic rings. The average Bonchev–Trinajstić information content (AvgIpc) is 2.76. The van der Waals surface area contributed by atoms with E-state index in [9.17, 15) is 4.79 Å². The third-order valence-corrected chi connectivity index (χ3v) is 4.23. The lowest BCUT2D eigenvalue weighted by molar-refractivity contribution is 0.101. The first-order valence-corrected chi connectivity index (χ1v) is 7.84. The number of hydrogen-bond donors (Lipinski definition) is 1. The van der Waals surface area contributed by atoms with Crippen LogP contribution in [0.2, 0.25) is 5.15 Å². The lowest BCUT2D eigenvalue weighted by atomic mass is 10.3. The number of amides is 1. The van der Waals surface area contributed by atoms with Gasteiger partial charge in [-0.25, -0.2) is 4.98 Å². The molecule has 7 heteroatoms. The summed E-state index contributed by atoms with van der Waals surface area (Å²) >= 11 is 12.5. The number of nitrogens with one attached hydrogen (secondary N) is 1. The van der Waals surface area contributed by atoms with Crippen molar-refractivity contribution < 1.29 is 4.79 Å². The molecule has 0 bridgehead atoms. The van der Waals surface area contributed by atoms with E-state index in [1.54, 1.807) is 12.1 Å². The van der Waals surface area contributed by atoms with Crippen LogP contribution in [0.15, 0.2) is 33.5 Å². The molecule has 0 aliphatic carbocycles. The van der Waals surface area contributed by atoms with Crippen LogP contribution in [0.5, 0.6) is 0 Å². The van der Waals surface area contributed by atoms with E-state index in [2.05, 4.69) is 42.2 Å². The Bertz CT molecular complexity index is 655. The number of rotatable bonds is 3. The molecule has 0 saturated carbocycles. The molecule has 0 atom stereocenters. The largest absolute Gasteiger partial charge is 0.340 e. The Morgan fingerprint density at radius 3 is 2.70 bits per heavy atom. The second-order valence-electron chi connectivity index (χ2n) is 4.50. The predicted octanol–water partition coefficient (Wildman–Crippen LogP) is 4.89. The number of nitrogens with zero attached hydrogens (tertiary/aromatic N) is 2. The zero-order chi connectivity index (χ0) is 14.9. The maximum Gasteiger partial charge on any atom is 0.272 e. The molecule has 2 aromatic heterocycles. The first kappa shape index (κ1) is 15.5. The molecule has 2 heterocycles. The molecule has 0 spiro atoms. The van der Waals surface area contributed by atoms with E-state index in [0.29, 0.717) is 21.0 Å². The summed E-state index contributed by atoms with van der Waals surface area (Å²) in [5.41, 5.74) is 1.16. The summed E-state index contributed by atoms with van der Waals surface area (Å²) in [6.45, 7) is 4.04. The predicted molar refractivity (Wildman–Crippen MR) is 87.4 cm³/mol. The highest BCUT2D eigenvalue weighted by molar-refractivity contribution is 9.10. The van der Waals surface area contributed by atoms with Gasteiger partial charge in [0.2, 0.25) is 0 Å². The highest BCUT2D eigenvalue weighted by atomic mass is 79.9. The van der Waals surface area contributed by atoms with Gasteiger partial charge >= 0.3 is 0 Å². The van der Waals surface area contributed by atoms with Gasteiger partial charge < -0.3 is 9.88 Å². The number of aromatic nitrogens is 2. The third-order valence-electron chi connectivity index (χ3n) is 2.66. The molecule has 4 nitrogen and oxygen atoms in total. The summed E-state index contributed by atoms with van der Waals surface area (Å²) < 4.78 is 3.40. The Kier molecular flexibility index (Phi) is 4.88. The van der Waals surface area contributed by atoms with Gasteiger partial charge in [-0.2, -0.15) is 0 Å². The zero-order valence-corrected chi connectivity index (χ0v) is 14.8. The Balaban J connectivity index is 2.26. The molecule has 0 aromatic carbocycles. The first-order valence-electron chi connectivity index (χ1n) is 5.88. The molecule has 20 heavy (non-hydrogen) atoms. The monoisotopic (exact) mass is 419 g/mol. The SMILES string of the molecule is CC(C)n1cc(Br)cc1C(=O)Nc1cnc(Cl)c(Br)c1. The van der Waals surface area contributed by atoms with Crippen molar-refractivity contribution in [1.82, 2.24) is 9.55 Å². The van der Waals surface area contributed by atoms with Crippen LogP contribution >= 0.6 is 43.5 Å². The minimum Gasteiger partial charge on any atom is -0.340 e. The minimum atomic E-state index is -0.194. The lowest BCUT2D eigenvalue weighted by Crippen LogP contribution is -2.17. The smallest absolute Gasteiger partial charge is 0.272 e. The summed E-state index contributed by atoms with van der Waals surface area (Å²) in [6.07, 6.45) is 3.40. The van der Waals surface area contributed by atoms with Crippen LogP contribution in [-0.2, 0) is 0 Å². The maximum atomic E-state index is 12.3. The first-order chi connectivity index (χ1) is 9.38. The minimum absolute atomic E-state index is 0.192. The summed E-state index contributed by atoms with van der Waals surface area (Å²) in [4.78, 5) is 16.3. The molecule has 0 aliphatic rings. The van der Waals surface area contributed by atoms with Crippen LogP contribution < -0.4 is 5.32 Å². The van der Waals surface area contributed by atoms with Crippen LogP contribution in [0, 0.1) is 0 Å².